The van der Waals surface area contributed by atoms with E-state index < -0.39 is 35.5 Å². The Hall–Kier alpha value is -3.35. The smallest absolute Gasteiger partial charge is 0.407 e. The molecule has 0 spiro atoms. The highest BCUT2D eigenvalue weighted by atomic mass is 16.5. The van der Waals surface area contributed by atoms with E-state index >= 15 is 0 Å². The zero-order valence-electron chi connectivity index (χ0n) is 19.8. The Bertz CT molecular complexity index is 1040. The summed E-state index contributed by atoms with van der Waals surface area (Å²) < 4.78 is 5.61. The largest absolute Gasteiger partial charge is 0.480 e. The zero-order chi connectivity index (χ0) is 24.5. The lowest BCUT2D eigenvalue weighted by molar-refractivity contribution is -0.145. The molecule has 2 unspecified atom stereocenters. The number of ether oxygens (including phenoxy) is 1. The standard InChI is InChI=1S/C27H32N2O5/c1-27(2,3)23(25(31)32)29-24(30)22(16-9-8-10-16)28-26(33)34-15-21-19-13-6-4-11-17(19)18-12-5-7-14-20(18)21/h4-7,11-14,16,21-23H,8-10,15H2,1-3H3,(H,28,33)(H,29,30)(H,31,32). The molecular formula is C27H32N2O5. The normalized spacial score (nSPS) is 17.0. The van der Waals surface area contributed by atoms with Crippen molar-refractivity contribution in [2.75, 3.05) is 6.61 Å². The summed E-state index contributed by atoms with van der Waals surface area (Å²) in [6, 6.07) is 14.3. The number of alkyl carbamates (subject to hydrolysis) is 1. The Morgan fingerprint density at radius 3 is 2.00 bits per heavy atom. The van der Waals surface area contributed by atoms with Crippen LogP contribution in [0.4, 0.5) is 4.79 Å². The third kappa shape index (κ3) is 4.79. The summed E-state index contributed by atoms with van der Waals surface area (Å²) in [6.07, 6.45) is 1.91. The van der Waals surface area contributed by atoms with Gasteiger partial charge in [0.25, 0.3) is 0 Å². The van der Waals surface area contributed by atoms with E-state index in [1.807, 2.05) is 36.4 Å². The summed E-state index contributed by atoms with van der Waals surface area (Å²) in [5.74, 6) is -1.70. The van der Waals surface area contributed by atoms with E-state index in [2.05, 4.69) is 22.8 Å². The van der Waals surface area contributed by atoms with Gasteiger partial charge in [-0.05, 0) is 46.4 Å². The molecule has 0 heterocycles. The fraction of sp³-hybridized carbons (Fsp3) is 0.444. The van der Waals surface area contributed by atoms with Gasteiger partial charge in [-0.2, -0.15) is 0 Å². The third-order valence-corrected chi connectivity index (χ3v) is 6.92. The molecule has 34 heavy (non-hydrogen) atoms. The molecular weight excluding hydrogens is 432 g/mol. The predicted molar refractivity (Wildman–Crippen MR) is 128 cm³/mol. The number of carboxylic acid groups (broad SMARTS) is 1. The number of rotatable bonds is 7. The van der Waals surface area contributed by atoms with E-state index in [9.17, 15) is 19.5 Å². The minimum Gasteiger partial charge on any atom is -0.480 e. The van der Waals surface area contributed by atoms with E-state index in [1.165, 1.54) is 0 Å². The van der Waals surface area contributed by atoms with E-state index in [0.29, 0.717) is 0 Å². The maximum absolute atomic E-state index is 13.0. The molecule has 0 bridgehead atoms. The van der Waals surface area contributed by atoms with Crippen LogP contribution in [0.3, 0.4) is 0 Å². The monoisotopic (exact) mass is 464 g/mol. The van der Waals surface area contributed by atoms with Crippen molar-refractivity contribution in [2.24, 2.45) is 11.3 Å². The lowest BCUT2D eigenvalue weighted by atomic mass is 9.79. The SMILES string of the molecule is CC(C)(C)C(NC(=O)C(NC(=O)OCC1c2ccccc2-c2ccccc21)C1CCC1)C(=O)O. The number of fused-ring (bicyclic) bond motifs is 3. The molecule has 2 atom stereocenters. The second-order valence-corrected chi connectivity index (χ2v) is 10.3. The predicted octanol–water partition coefficient (Wildman–Crippen LogP) is 4.31. The number of carbonyl (C=O) groups is 3. The molecule has 2 aliphatic rings. The highest BCUT2D eigenvalue weighted by Gasteiger charge is 2.39. The number of carboxylic acids is 1. The number of carbonyl (C=O) groups excluding carboxylic acids is 2. The van der Waals surface area contributed by atoms with Crippen molar-refractivity contribution in [3.8, 4) is 11.1 Å². The van der Waals surface area contributed by atoms with Crippen molar-refractivity contribution in [1.29, 1.82) is 0 Å². The number of hydrogen-bond donors (Lipinski definition) is 3. The van der Waals surface area contributed by atoms with Crippen LogP contribution in [0.2, 0.25) is 0 Å². The Morgan fingerprint density at radius 1 is 0.971 bits per heavy atom. The molecule has 180 valence electrons. The van der Waals surface area contributed by atoms with Crippen molar-refractivity contribution in [3.63, 3.8) is 0 Å². The molecule has 1 saturated carbocycles. The molecule has 0 radical (unpaired) electrons. The lowest BCUT2D eigenvalue weighted by Crippen LogP contribution is -2.58. The van der Waals surface area contributed by atoms with Crippen molar-refractivity contribution in [2.45, 2.75) is 58.0 Å². The van der Waals surface area contributed by atoms with E-state index in [1.54, 1.807) is 20.8 Å². The van der Waals surface area contributed by atoms with Gasteiger partial charge in [-0.1, -0.05) is 75.7 Å². The Kier molecular flexibility index (Phi) is 6.64. The van der Waals surface area contributed by atoms with Gasteiger partial charge in [-0.3, -0.25) is 4.79 Å². The van der Waals surface area contributed by atoms with Gasteiger partial charge in [-0.15, -0.1) is 0 Å². The molecule has 1 fully saturated rings. The molecule has 2 aliphatic carbocycles. The van der Waals surface area contributed by atoms with Gasteiger partial charge < -0.3 is 20.5 Å². The van der Waals surface area contributed by atoms with Gasteiger partial charge in [0.15, 0.2) is 0 Å². The van der Waals surface area contributed by atoms with Crippen LogP contribution in [0.1, 0.15) is 57.1 Å². The van der Waals surface area contributed by atoms with E-state index in [4.69, 9.17) is 4.74 Å². The average Bonchev–Trinajstić information content (AvgIpc) is 3.07. The number of aliphatic carboxylic acids is 1. The molecule has 3 N–H and O–H groups in total. The first-order valence-corrected chi connectivity index (χ1v) is 11.8. The third-order valence-electron chi connectivity index (χ3n) is 6.92. The van der Waals surface area contributed by atoms with Crippen LogP contribution in [0.15, 0.2) is 48.5 Å². The van der Waals surface area contributed by atoms with Crippen molar-refractivity contribution in [1.82, 2.24) is 10.6 Å². The summed E-state index contributed by atoms with van der Waals surface area (Å²) in [6.45, 7) is 5.41. The fourth-order valence-corrected chi connectivity index (χ4v) is 4.82. The van der Waals surface area contributed by atoms with Crippen LogP contribution in [0, 0.1) is 11.3 Å². The van der Waals surface area contributed by atoms with Crippen LogP contribution >= 0.6 is 0 Å². The highest BCUT2D eigenvalue weighted by Crippen LogP contribution is 2.44. The van der Waals surface area contributed by atoms with Gasteiger partial charge in [0, 0.05) is 5.92 Å². The van der Waals surface area contributed by atoms with Gasteiger partial charge in [0.1, 0.15) is 18.7 Å². The summed E-state index contributed by atoms with van der Waals surface area (Å²) in [5, 5.41) is 14.9. The molecule has 0 saturated heterocycles. The first-order valence-electron chi connectivity index (χ1n) is 11.8. The molecule has 2 amide bonds. The Labute approximate surface area is 199 Å². The van der Waals surface area contributed by atoms with Crippen LogP contribution in [0.25, 0.3) is 11.1 Å². The summed E-state index contributed by atoms with van der Waals surface area (Å²) >= 11 is 0. The molecule has 4 rings (SSSR count). The van der Waals surface area contributed by atoms with Crippen molar-refractivity contribution in [3.05, 3.63) is 59.7 Å². The summed E-state index contributed by atoms with van der Waals surface area (Å²) in [5.41, 5.74) is 3.83. The lowest BCUT2D eigenvalue weighted by Gasteiger charge is -2.35. The number of hydrogen-bond acceptors (Lipinski definition) is 4. The highest BCUT2D eigenvalue weighted by molar-refractivity contribution is 5.90. The molecule has 0 aromatic heterocycles. The summed E-state index contributed by atoms with van der Waals surface area (Å²) in [7, 11) is 0. The topological polar surface area (TPSA) is 105 Å². The number of benzene rings is 2. The quantitative estimate of drug-likeness (QED) is 0.566. The second-order valence-electron chi connectivity index (χ2n) is 10.3. The number of nitrogens with one attached hydrogen (secondary N) is 2. The maximum atomic E-state index is 13.0. The van der Waals surface area contributed by atoms with Crippen molar-refractivity contribution < 1.29 is 24.2 Å². The fourth-order valence-electron chi connectivity index (χ4n) is 4.82. The van der Waals surface area contributed by atoms with Crippen LogP contribution in [-0.2, 0) is 14.3 Å². The van der Waals surface area contributed by atoms with Crippen LogP contribution in [0.5, 0.6) is 0 Å². The van der Waals surface area contributed by atoms with E-state index in [0.717, 1.165) is 41.5 Å². The van der Waals surface area contributed by atoms with Crippen LogP contribution < -0.4 is 10.6 Å². The summed E-state index contributed by atoms with van der Waals surface area (Å²) in [4.78, 5) is 37.5. The Morgan fingerprint density at radius 2 is 1.53 bits per heavy atom. The van der Waals surface area contributed by atoms with Gasteiger partial charge in [0.05, 0.1) is 0 Å². The Balaban J connectivity index is 1.43. The maximum Gasteiger partial charge on any atom is 0.407 e. The molecule has 7 nitrogen and oxygen atoms in total. The number of amides is 2. The average molecular weight is 465 g/mol. The van der Waals surface area contributed by atoms with E-state index in [-0.39, 0.29) is 18.4 Å². The molecule has 2 aromatic carbocycles. The van der Waals surface area contributed by atoms with Gasteiger partial charge in [0.2, 0.25) is 5.91 Å². The van der Waals surface area contributed by atoms with Gasteiger partial charge >= 0.3 is 12.1 Å². The van der Waals surface area contributed by atoms with Gasteiger partial charge in [-0.25, -0.2) is 9.59 Å². The minimum atomic E-state index is -1.10. The molecule has 2 aromatic rings. The van der Waals surface area contributed by atoms with Crippen molar-refractivity contribution >= 4 is 18.0 Å². The zero-order valence-corrected chi connectivity index (χ0v) is 19.8. The minimum absolute atomic E-state index is 0.0325. The molecule has 0 aliphatic heterocycles. The first kappa shape index (κ1) is 23.8. The molecule has 7 heteroatoms. The van der Waals surface area contributed by atoms with Crippen LogP contribution in [-0.4, -0.2) is 41.8 Å². The second kappa shape index (κ2) is 9.49. The first-order chi connectivity index (χ1) is 16.2.